The number of aromatic nitrogens is 1. The zero-order chi connectivity index (χ0) is 11.5. The number of rotatable bonds is 2. The van der Waals surface area contributed by atoms with Crippen LogP contribution in [0.1, 0.15) is 30.1 Å². The number of halogens is 1. The van der Waals surface area contributed by atoms with Crippen molar-refractivity contribution < 1.29 is 4.79 Å². The SMILES string of the molecule is CCC1CCN(C(=O)c2ccc(Br)nc2)C1. The fourth-order valence-corrected chi connectivity index (χ4v) is 2.27. The molecular weight excluding hydrogens is 268 g/mol. The smallest absolute Gasteiger partial charge is 0.255 e. The van der Waals surface area contributed by atoms with Crippen LogP contribution in [0.5, 0.6) is 0 Å². The first-order valence-corrected chi connectivity index (χ1v) is 6.41. The van der Waals surface area contributed by atoms with Crippen LogP contribution in [0.15, 0.2) is 22.9 Å². The number of hydrogen-bond donors (Lipinski definition) is 0. The van der Waals surface area contributed by atoms with Gasteiger partial charge >= 0.3 is 0 Å². The van der Waals surface area contributed by atoms with Crippen LogP contribution in [0.4, 0.5) is 0 Å². The lowest BCUT2D eigenvalue weighted by Gasteiger charge is -2.15. The third-order valence-electron chi connectivity index (χ3n) is 3.12. The highest BCUT2D eigenvalue weighted by atomic mass is 79.9. The maximum absolute atomic E-state index is 12.1. The normalized spacial score (nSPS) is 20.1. The number of carbonyl (C=O) groups is 1. The highest BCUT2D eigenvalue weighted by molar-refractivity contribution is 9.10. The van der Waals surface area contributed by atoms with E-state index in [0.717, 1.165) is 30.5 Å². The number of nitrogens with zero attached hydrogens (tertiary/aromatic N) is 2. The number of likely N-dealkylation sites (tertiary alicyclic amines) is 1. The van der Waals surface area contributed by atoms with Gasteiger partial charge in [0.1, 0.15) is 4.60 Å². The van der Waals surface area contributed by atoms with Gasteiger partial charge < -0.3 is 4.90 Å². The van der Waals surface area contributed by atoms with Crippen LogP contribution in [-0.4, -0.2) is 28.9 Å². The summed E-state index contributed by atoms with van der Waals surface area (Å²) < 4.78 is 0.761. The molecule has 86 valence electrons. The lowest BCUT2D eigenvalue weighted by atomic mass is 10.1. The van der Waals surface area contributed by atoms with E-state index in [4.69, 9.17) is 0 Å². The molecule has 3 nitrogen and oxygen atoms in total. The standard InChI is InChI=1S/C12H15BrN2O/c1-2-9-5-6-15(8-9)12(16)10-3-4-11(13)14-7-10/h3-4,7,9H,2,5-6,8H2,1H3. The summed E-state index contributed by atoms with van der Waals surface area (Å²) in [5.41, 5.74) is 0.681. The molecular formula is C12H15BrN2O. The molecule has 1 aromatic rings. The van der Waals surface area contributed by atoms with Crippen molar-refractivity contribution >= 4 is 21.8 Å². The third-order valence-corrected chi connectivity index (χ3v) is 3.59. The highest BCUT2D eigenvalue weighted by Gasteiger charge is 2.25. The van der Waals surface area contributed by atoms with E-state index in [0.29, 0.717) is 11.5 Å². The van der Waals surface area contributed by atoms with Gasteiger partial charge in [0.05, 0.1) is 5.56 Å². The number of hydrogen-bond acceptors (Lipinski definition) is 2. The Morgan fingerprint density at radius 2 is 2.44 bits per heavy atom. The van der Waals surface area contributed by atoms with Gasteiger partial charge in [-0.15, -0.1) is 0 Å². The van der Waals surface area contributed by atoms with Crippen LogP contribution in [0.25, 0.3) is 0 Å². The van der Waals surface area contributed by atoms with Gasteiger partial charge in [-0.3, -0.25) is 4.79 Å². The van der Waals surface area contributed by atoms with E-state index in [1.807, 2.05) is 11.0 Å². The van der Waals surface area contributed by atoms with Crippen molar-refractivity contribution in [2.45, 2.75) is 19.8 Å². The van der Waals surface area contributed by atoms with Gasteiger partial charge in [0.15, 0.2) is 0 Å². The van der Waals surface area contributed by atoms with Gasteiger partial charge in [0.25, 0.3) is 5.91 Å². The summed E-state index contributed by atoms with van der Waals surface area (Å²) in [5.74, 6) is 0.781. The topological polar surface area (TPSA) is 33.2 Å². The number of amides is 1. The molecule has 0 radical (unpaired) electrons. The molecule has 0 N–H and O–H groups in total. The van der Waals surface area contributed by atoms with Gasteiger partial charge in [0, 0.05) is 19.3 Å². The molecule has 1 unspecified atom stereocenters. The summed E-state index contributed by atoms with van der Waals surface area (Å²) in [6.45, 7) is 3.96. The average Bonchev–Trinajstić information content (AvgIpc) is 2.77. The molecule has 4 heteroatoms. The van der Waals surface area contributed by atoms with Gasteiger partial charge in [-0.2, -0.15) is 0 Å². The monoisotopic (exact) mass is 282 g/mol. The van der Waals surface area contributed by atoms with Crippen LogP contribution in [0, 0.1) is 5.92 Å². The molecule has 16 heavy (non-hydrogen) atoms. The Balaban J connectivity index is 2.05. The first-order chi connectivity index (χ1) is 7.70. The van der Waals surface area contributed by atoms with Crippen molar-refractivity contribution in [3.8, 4) is 0 Å². The van der Waals surface area contributed by atoms with Gasteiger partial charge in [0.2, 0.25) is 0 Å². The molecule has 1 amide bonds. The molecule has 1 aromatic heterocycles. The summed E-state index contributed by atoms with van der Waals surface area (Å²) >= 11 is 3.26. The average molecular weight is 283 g/mol. The fourth-order valence-electron chi connectivity index (χ4n) is 2.04. The van der Waals surface area contributed by atoms with Crippen molar-refractivity contribution in [2.75, 3.05) is 13.1 Å². The minimum atomic E-state index is 0.107. The van der Waals surface area contributed by atoms with Crippen molar-refractivity contribution in [1.29, 1.82) is 0 Å². The van der Waals surface area contributed by atoms with Crippen LogP contribution < -0.4 is 0 Å². The Morgan fingerprint density at radius 1 is 1.62 bits per heavy atom. The fraction of sp³-hybridized carbons (Fsp3) is 0.500. The molecule has 1 aliphatic rings. The summed E-state index contributed by atoms with van der Waals surface area (Å²) in [6, 6.07) is 3.62. The summed E-state index contributed by atoms with van der Waals surface area (Å²) in [7, 11) is 0. The van der Waals surface area contributed by atoms with Gasteiger partial charge in [-0.05, 0) is 40.4 Å². The van der Waals surface area contributed by atoms with Crippen LogP contribution in [-0.2, 0) is 0 Å². The minimum absolute atomic E-state index is 0.107. The lowest BCUT2D eigenvalue weighted by Crippen LogP contribution is -2.28. The van der Waals surface area contributed by atoms with E-state index in [9.17, 15) is 4.79 Å². The first kappa shape index (κ1) is 11.6. The van der Waals surface area contributed by atoms with E-state index >= 15 is 0 Å². The van der Waals surface area contributed by atoms with Crippen molar-refractivity contribution in [1.82, 2.24) is 9.88 Å². The highest BCUT2D eigenvalue weighted by Crippen LogP contribution is 2.21. The molecule has 2 heterocycles. The molecule has 0 bridgehead atoms. The van der Waals surface area contributed by atoms with Crippen molar-refractivity contribution in [3.63, 3.8) is 0 Å². The van der Waals surface area contributed by atoms with E-state index in [2.05, 4.69) is 27.8 Å². The Hall–Kier alpha value is -0.900. The molecule has 0 saturated carbocycles. The zero-order valence-electron chi connectivity index (χ0n) is 9.32. The molecule has 2 rings (SSSR count). The van der Waals surface area contributed by atoms with Crippen LogP contribution in [0.3, 0.4) is 0 Å². The van der Waals surface area contributed by atoms with E-state index in [-0.39, 0.29) is 5.91 Å². The maximum Gasteiger partial charge on any atom is 0.255 e. The summed E-state index contributed by atoms with van der Waals surface area (Å²) in [6.07, 6.45) is 3.92. The zero-order valence-corrected chi connectivity index (χ0v) is 10.9. The second-order valence-electron chi connectivity index (χ2n) is 4.18. The number of carbonyl (C=O) groups excluding carboxylic acids is 1. The molecule has 1 saturated heterocycles. The predicted molar refractivity (Wildman–Crippen MR) is 66.2 cm³/mol. The largest absolute Gasteiger partial charge is 0.338 e. The number of pyridine rings is 1. The van der Waals surface area contributed by atoms with Crippen molar-refractivity contribution in [3.05, 3.63) is 28.5 Å². The molecule has 0 aromatic carbocycles. The van der Waals surface area contributed by atoms with E-state index in [1.165, 1.54) is 0 Å². The summed E-state index contributed by atoms with van der Waals surface area (Å²) in [5, 5.41) is 0. The molecule has 0 aliphatic carbocycles. The van der Waals surface area contributed by atoms with E-state index in [1.54, 1.807) is 12.3 Å². The molecule has 1 fully saturated rings. The quantitative estimate of drug-likeness (QED) is 0.782. The minimum Gasteiger partial charge on any atom is -0.338 e. The Labute approximate surface area is 104 Å². The molecule has 1 atom stereocenters. The summed E-state index contributed by atoms with van der Waals surface area (Å²) in [4.78, 5) is 18.1. The Bertz CT molecular complexity index is 377. The second kappa shape index (κ2) is 4.95. The Morgan fingerprint density at radius 3 is 3.00 bits per heavy atom. The molecule has 0 spiro atoms. The van der Waals surface area contributed by atoms with Gasteiger partial charge in [-0.1, -0.05) is 13.3 Å². The van der Waals surface area contributed by atoms with Crippen LogP contribution >= 0.6 is 15.9 Å². The van der Waals surface area contributed by atoms with Crippen LogP contribution in [0.2, 0.25) is 0 Å². The lowest BCUT2D eigenvalue weighted by molar-refractivity contribution is 0.0786. The third kappa shape index (κ3) is 2.43. The Kier molecular flexibility index (Phi) is 3.59. The maximum atomic E-state index is 12.1. The predicted octanol–water partition coefficient (Wildman–Crippen LogP) is 2.72. The van der Waals surface area contributed by atoms with Gasteiger partial charge in [-0.25, -0.2) is 4.98 Å². The first-order valence-electron chi connectivity index (χ1n) is 5.61. The second-order valence-corrected chi connectivity index (χ2v) is 5.00. The molecule has 1 aliphatic heterocycles. The van der Waals surface area contributed by atoms with E-state index < -0.39 is 0 Å². The van der Waals surface area contributed by atoms with Crippen molar-refractivity contribution in [2.24, 2.45) is 5.92 Å².